The molecule has 1 saturated carbocycles. The van der Waals surface area contributed by atoms with Crippen molar-refractivity contribution in [2.45, 2.75) is 95.7 Å². The van der Waals surface area contributed by atoms with E-state index in [1.54, 1.807) is 4.68 Å². The predicted octanol–water partition coefficient (Wildman–Crippen LogP) is 2.12. The Morgan fingerprint density at radius 2 is 1.74 bits per heavy atom. The highest BCUT2D eigenvalue weighted by atomic mass is 16.2. The van der Waals surface area contributed by atoms with Gasteiger partial charge < -0.3 is 10.6 Å². The molecule has 1 aromatic rings. The Kier molecular flexibility index (Phi) is 7.69. The average Bonchev–Trinajstić information content (AvgIpc) is 3.15. The number of likely N-dealkylation sites (tertiary alicyclic amines) is 1. The summed E-state index contributed by atoms with van der Waals surface area (Å²) in [5.41, 5.74) is 0.344. The molecule has 2 aliphatic heterocycles. The van der Waals surface area contributed by atoms with Gasteiger partial charge in [-0.1, -0.05) is 25.7 Å². The van der Waals surface area contributed by atoms with Crippen LogP contribution in [0.25, 0.3) is 0 Å². The number of aryl methyl sites for hydroxylation is 2. The van der Waals surface area contributed by atoms with E-state index in [0.717, 1.165) is 57.1 Å². The van der Waals surface area contributed by atoms with Crippen molar-refractivity contribution in [2.75, 3.05) is 33.2 Å². The summed E-state index contributed by atoms with van der Waals surface area (Å²) >= 11 is 0. The number of guanidine groups is 1. The fourth-order valence-electron chi connectivity index (χ4n) is 5.68. The third kappa shape index (κ3) is 5.33. The number of piperidine rings is 1. The van der Waals surface area contributed by atoms with Gasteiger partial charge in [-0.2, -0.15) is 5.10 Å². The van der Waals surface area contributed by atoms with Crippen molar-refractivity contribution in [3.05, 3.63) is 16.3 Å². The summed E-state index contributed by atoms with van der Waals surface area (Å²) in [7, 11) is 1.84. The third-order valence-corrected chi connectivity index (χ3v) is 7.49. The highest BCUT2D eigenvalue weighted by Gasteiger charge is 2.38. The monoisotopic (exact) mass is 431 g/mol. The molecule has 3 aliphatic rings. The van der Waals surface area contributed by atoms with Crippen molar-refractivity contribution < 1.29 is 0 Å². The molecule has 4 rings (SSSR count). The number of aliphatic imine (C=N–C) groups is 1. The second-order valence-corrected chi connectivity index (χ2v) is 9.57. The zero-order chi connectivity index (χ0) is 21.5. The van der Waals surface area contributed by atoms with E-state index >= 15 is 0 Å². The number of aromatic nitrogens is 3. The molecule has 0 atom stereocenters. The Morgan fingerprint density at radius 1 is 1.00 bits per heavy atom. The maximum absolute atomic E-state index is 12.5. The fourth-order valence-corrected chi connectivity index (χ4v) is 5.68. The van der Waals surface area contributed by atoms with Gasteiger partial charge in [0.25, 0.3) is 0 Å². The summed E-state index contributed by atoms with van der Waals surface area (Å²) in [5, 5.41) is 11.6. The van der Waals surface area contributed by atoms with E-state index in [1.165, 1.54) is 64.5 Å². The van der Waals surface area contributed by atoms with Crippen LogP contribution in [0.3, 0.4) is 0 Å². The first kappa shape index (κ1) is 22.4. The molecule has 1 aliphatic carbocycles. The summed E-state index contributed by atoms with van der Waals surface area (Å²) in [4.78, 5) is 19.7. The van der Waals surface area contributed by atoms with Crippen LogP contribution in [0.5, 0.6) is 0 Å². The minimum absolute atomic E-state index is 0.0537. The molecule has 1 saturated heterocycles. The summed E-state index contributed by atoms with van der Waals surface area (Å²) < 4.78 is 3.49. The lowest BCUT2D eigenvalue weighted by Gasteiger charge is -2.48. The summed E-state index contributed by atoms with van der Waals surface area (Å²) in [6.07, 6.45) is 14.7. The Bertz CT molecular complexity index is 784. The van der Waals surface area contributed by atoms with Gasteiger partial charge in [-0.15, -0.1) is 0 Å². The molecule has 0 radical (unpaired) electrons. The number of hydrogen-bond donors (Lipinski definition) is 2. The quantitative estimate of drug-likeness (QED) is 0.393. The zero-order valence-electron chi connectivity index (χ0n) is 19.4. The van der Waals surface area contributed by atoms with Crippen LogP contribution in [-0.2, 0) is 19.5 Å². The van der Waals surface area contributed by atoms with Crippen molar-refractivity contribution in [1.82, 2.24) is 29.9 Å². The molecule has 0 unspecified atom stereocenters. The molecule has 8 heteroatoms. The molecular formula is C23H41N7O. The van der Waals surface area contributed by atoms with E-state index in [0.29, 0.717) is 12.1 Å². The SMILES string of the molecule is CN=C(NCCCn1nc2n(c1=O)CCCC2)NCC1(N2CCCCC2)CCCCC1. The predicted molar refractivity (Wildman–Crippen MR) is 125 cm³/mol. The Labute approximate surface area is 186 Å². The maximum atomic E-state index is 12.5. The number of hydrogen-bond acceptors (Lipinski definition) is 4. The van der Waals surface area contributed by atoms with Gasteiger partial charge in [0.05, 0.1) is 0 Å². The van der Waals surface area contributed by atoms with Crippen molar-refractivity contribution in [3.8, 4) is 0 Å². The van der Waals surface area contributed by atoms with Crippen LogP contribution in [0.1, 0.15) is 76.5 Å². The lowest BCUT2D eigenvalue weighted by atomic mass is 9.79. The lowest BCUT2D eigenvalue weighted by molar-refractivity contribution is 0.0368. The molecule has 31 heavy (non-hydrogen) atoms. The highest BCUT2D eigenvalue weighted by Crippen LogP contribution is 2.35. The standard InChI is InChI=1S/C23H41N7O/c1-24-21(25-14-10-18-30-22(31)29-17-9-4-11-20(29)27-30)26-19-23(12-5-2-6-13-23)28-15-7-3-8-16-28/h2-19H2,1H3,(H2,24,25,26). The van der Waals surface area contributed by atoms with Crippen LogP contribution in [0.15, 0.2) is 9.79 Å². The van der Waals surface area contributed by atoms with Gasteiger partial charge in [-0.05, 0) is 58.0 Å². The van der Waals surface area contributed by atoms with Crippen molar-refractivity contribution in [3.63, 3.8) is 0 Å². The summed E-state index contributed by atoms with van der Waals surface area (Å²) in [6.45, 7) is 5.72. The topological polar surface area (TPSA) is 79.5 Å². The van der Waals surface area contributed by atoms with Gasteiger partial charge in [0.2, 0.25) is 0 Å². The maximum Gasteiger partial charge on any atom is 0.345 e. The molecular weight excluding hydrogens is 390 g/mol. The molecule has 0 bridgehead atoms. The molecule has 8 nitrogen and oxygen atoms in total. The Hall–Kier alpha value is -1.83. The molecule has 0 spiro atoms. The van der Waals surface area contributed by atoms with Crippen LogP contribution in [0, 0.1) is 0 Å². The van der Waals surface area contributed by atoms with Crippen LogP contribution in [0.4, 0.5) is 0 Å². The number of nitrogens with zero attached hydrogens (tertiary/aromatic N) is 5. The van der Waals surface area contributed by atoms with Crippen molar-refractivity contribution in [2.24, 2.45) is 4.99 Å². The molecule has 3 heterocycles. The lowest BCUT2D eigenvalue weighted by Crippen LogP contribution is -2.59. The molecule has 0 amide bonds. The van der Waals surface area contributed by atoms with Crippen LogP contribution < -0.4 is 16.3 Å². The minimum Gasteiger partial charge on any atom is -0.356 e. The largest absolute Gasteiger partial charge is 0.356 e. The van der Waals surface area contributed by atoms with Gasteiger partial charge >= 0.3 is 5.69 Å². The van der Waals surface area contributed by atoms with E-state index in [1.807, 2.05) is 11.6 Å². The normalized spacial score (nSPS) is 22.2. The van der Waals surface area contributed by atoms with E-state index in [4.69, 9.17) is 0 Å². The molecule has 0 aromatic carbocycles. The molecule has 2 fully saturated rings. The second-order valence-electron chi connectivity index (χ2n) is 9.57. The van der Waals surface area contributed by atoms with Crippen LogP contribution >= 0.6 is 0 Å². The first-order valence-corrected chi connectivity index (χ1v) is 12.6. The first-order chi connectivity index (χ1) is 15.2. The number of rotatable bonds is 7. The highest BCUT2D eigenvalue weighted by molar-refractivity contribution is 5.79. The first-order valence-electron chi connectivity index (χ1n) is 12.6. The van der Waals surface area contributed by atoms with Gasteiger partial charge in [0.1, 0.15) is 5.82 Å². The second kappa shape index (κ2) is 10.7. The molecule has 2 N–H and O–H groups in total. The fraction of sp³-hybridized carbons (Fsp3) is 0.870. The van der Waals surface area contributed by atoms with Crippen molar-refractivity contribution in [1.29, 1.82) is 0 Å². The number of fused-ring (bicyclic) bond motifs is 1. The average molecular weight is 432 g/mol. The third-order valence-electron chi connectivity index (χ3n) is 7.49. The summed E-state index contributed by atoms with van der Waals surface area (Å²) in [6, 6.07) is 0. The van der Waals surface area contributed by atoms with Crippen LogP contribution in [0.2, 0.25) is 0 Å². The van der Waals surface area contributed by atoms with E-state index in [9.17, 15) is 4.79 Å². The smallest absolute Gasteiger partial charge is 0.345 e. The van der Waals surface area contributed by atoms with Gasteiger partial charge in [0.15, 0.2) is 5.96 Å². The van der Waals surface area contributed by atoms with Gasteiger partial charge in [0, 0.05) is 45.2 Å². The van der Waals surface area contributed by atoms with Gasteiger partial charge in [-0.25, -0.2) is 9.48 Å². The Balaban J connectivity index is 1.25. The van der Waals surface area contributed by atoms with E-state index in [2.05, 4.69) is 25.6 Å². The number of nitrogens with one attached hydrogen (secondary N) is 2. The van der Waals surface area contributed by atoms with Gasteiger partial charge in [-0.3, -0.25) is 14.5 Å². The van der Waals surface area contributed by atoms with E-state index in [-0.39, 0.29) is 5.69 Å². The molecule has 1 aromatic heterocycles. The van der Waals surface area contributed by atoms with Crippen molar-refractivity contribution >= 4 is 5.96 Å². The molecule has 174 valence electrons. The minimum atomic E-state index is 0.0537. The van der Waals surface area contributed by atoms with Crippen LogP contribution in [-0.4, -0.2) is 64.0 Å². The van der Waals surface area contributed by atoms with E-state index < -0.39 is 0 Å². The Morgan fingerprint density at radius 3 is 2.48 bits per heavy atom. The zero-order valence-corrected chi connectivity index (χ0v) is 19.4. The summed E-state index contributed by atoms with van der Waals surface area (Å²) in [5.74, 6) is 1.83.